The number of aryl methyl sites for hydroxylation is 1. The van der Waals surface area contributed by atoms with E-state index in [0.717, 1.165) is 28.6 Å². The van der Waals surface area contributed by atoms with Gasteiger partial charge in [-0.1, -0.05) is 30.3 Å². The van der Waals surface area contributed by atoms with Crippen LogP contribution in [-0.4, -0.2) is 30.9 Å². The summed E-state index contributed by atoms with van der Waals surface area (Å²) in [6.45, 7) is 2.79. The van der Waals surface area contributed by atoms with E-state index in [0.29, 0.717) is 5.56 Å². The van der Waals surface area contributed by atoms with Crippen LogP contribution in [0, 0.1) is 10.1 Å². The van der Waals surface area contributed by atoms with Gasteiger partial charge in [0.25, 0.3) is 11.6 Å². The highest BCUT2D eigenvalue weighted by molar-refractivity contribution is 6.04. The second kappa shape index (κ2) is 6.79. The topological polar surface area (TPSA) is 111 Å². The zero-order chi connectivity index (χ0) is 18.8. The molecule has 0 amide bonds. The van der Waals surface area contributed by atoms with Crippen molar-refractivity contribution in [2.24, 2.45) is 5.10 Å². The van der Waals surface area contributed by atoms with Crippen LogP contribution in [0.4, 0.5) is 11.6 Å². The van der Waals surface area contributed by atoms with Crippen LogP contribution in [0.1, 0.15) is 12.5 Å². The van der Waals surface area contributed by atoms with Crippen LogP contribution in [-0.2, 0) is 6.54 Å². The quantitative estimate of drug-likeness (QED) is 0.331. The molecule has 0 radical (unpaired) electrons. The largest absolute Gasteiger partial charge is 0.324 e. The second-order valence-electron chi connectivity index (χ2n) is 5.79. The van der Waals surface area contributed by atoms with Gasteiger partial charge in [0.1, 0.15) is 5.52 Å². The molecule has 0 bridgehead atoms. The standard InChI is InChI=1S/C18H15N7O2/c1-2-24-15-9-4-3-8-14(15)16-17(24)20-18(23-21-16)22-19-11-12-6-5-7-13(10-12)25(26)27/h3-11H,2H2,1H3,(H,20,22,23)/b19-11+. The first-order valence-corrected chi connectivity index (χ1v) is 8.32. The van der Waals surface area contributed by atoms with E-state index in [2.05, 4.69) is 30.3 Å². The highest BCUT2D eigenvalue weighted by atomic mass is 16.6. The number of benzene rings is 2. The Bertz CT molecular complexity index is 1180. The summed E-state index contributed by atoms with van der Waals surface area (Å²) in [6.07, 6.45) is 1.47. The highest BCUT2D eigenvalue weighted by Gasteiger charge is 2.13. The average molecular weight is 361 g/mol. The van der Waals surface area contributed by atoms with Crippen LogP contribution >= 0.6 is 0 Å². The number of rotatable bonds is 5. The Morgan fingerprint density at radius 1 is 1.22 bits per heavy atom. The molecular formula is C18H15N7O2. The molecule has 2 heterocycles. The number of non-ortho nitro benzene ring substituents is 1. The molecule has 0 aliphatic rings. The van der Waals surface area contributed by atoms with Gasteiger partial charge in [-0.15, -0.1) is 10.2 Å². The smallest absolute Gasteiger partial charge is 0.270 e. The van der Waals surface area contributed by atoms with Crippen molar-refractivity contribution in [1.29, 1.82) is 0 Å². The molecule has 2 aromatic carbocycles. The molecule has 134 valence electrons. The first-order valence-electron chi connectivity index (χ1n) is 8.32. The van der Waals surface area contributed by atoms with Crippen molar-refractivity contribution in [3.05, 3.63) is 64.2 Å². The number of hydrogen-bond acceptors (Lipinski definition) is 7. The number of nitrogens with one attached hydrogen (secondary N) is 1. The molecular weight excluding hydrogens is 346 g/mol. The van der Waals surface area contributed by atoms with Crippen molar-refractivity contribution >= 4 is 39.9 Å². The Morgan fingerprint density at radius 3 is 2.89 bits per heavy atom. The summed E-state index contributed by atoms with van der Waals surface area (Å²) in [5.41, 5.74) is 5.84. The Hall–Kier alpha value is -3.88. The molecule has 0 aliphatic heterocycles. The number of para-hydroxylation sites is 1. The van der Waals surface area contributed by atoms with Crippen molar-refractivity contribution in [3.8, 4) is 0 Å². The molecule has 27 heavy (non-hydrogen) atoms. The van der Waals surface area contributed by atoms with E-state index in [4.69, 9.17) is 0 Å². The van der Waals surface area contributed by atoms with E-state index in [1.54, 1.807) is 12.1 Å². The van der Waals surface area contributed by atoms with Gasteiger partial charge in [-0.05, 0) is 13.0 Å². The fourth-order valence-electron chi connectivity index (χ4n) is 2.95. The number of nitro benzene ring substituents is 1. The van der Waals surface area contributed by atoms with Crippen molar-refractivity contribution in [3.63, 3.8) is 0 Å². The molecule has 0 saturated heterocycles. The lowest BCUT2D eigenvalue weighted by molar-refractivity contribution is -0.384. The predicted octanol–water partition coefficient (Wildman–Crippen LogP) is 3.35. The molecule has 0 spiro atoms. The number of fused-ring (bicyclic) bond motifs is 3. The van der Waals surface area contributed by atoms with E-state index in [1.165, 1.54) is 18.3 Å². The summed E-state index contributed by atoms with van der Waals surface area (Å²) in [5, 5.41) is 24.2. The summed E-state index contributed by atoms with van der Waals surface area (Å²) >= 11 is 0. The minimum absolute atomic E-state index is 0.00532. The molecule has 4 rings (SSSR count). The molecule has 0 fully saturated rings. The number of aromatic nitrogens is 4. The van der Waals surface area contributed by atoms with Crippen LogP contribution < -0.4 is 5.43 Å². The van der Waals surface area contributed by atoms with E-state index in [9.17, 15) is 10.1 Å². The Morgan fingerprint density at radius 2 is 2.07 bits per heavy atom. The highest BCUT2D eigenvalue weighted by Crippen LogP contribution is 2.26. The number of hydrazone groups is 1. The van der Waals surface area contributed by atoms with Crippen LogP contribution in [0.3, 0.4) is 0 Å². The summed E-state index contributed by atoms with van der Waals surface area (Å²) < 4.78 is 2.06. The first-order chi connectivity index (χ1) is 13.2. The molecule has 0 unspecified atom stereocenters. The van der Waals surface area contributed by atoms with Crippen molar-refractivity contribution in [1.82, 2.24) is 19.7 Å². The number of hydrogen-bond donors (Lipinski definition) is 1. The molecule has 1 N–H and O–H groups in total. The molecule has 2 aromatic heterocycles. The molecule has 9 nitrogen and oxygen atoms in total. The maximum absolute atomic E-state index is 10.8. The van der Waals surface area contributed by atoms with Crippen molar-refractivity contribution < 1.29 is 4.92 Å². The first kappa shape index (κ1) is 16.6. The predicted molar refractivity (Wildman–Crippen MR) is 103 cm³/mol. The Kier molecular flexibility index (Phi) is 4.17. The third-order valence-electron chi connectivity index (χ3n) is 4.15. The third kappa shape index (κ3) is 3.06. The summed E-state index contributed by atoms with van der Waals surface area (Å²) in [5.74, 6) is 0.252. The zero-order valence-electron chi connectivity index (χ0n) is 14.4. The van der Waals surface area contributed by atoms with Gasteiger partial charge in [-0.25, -0.2) is 5.43 Å². The van der Waals surface area contributed by atoms with Crippen molar-refractivity contribution in [2.75, 3.05) is 5.43 Å². The minimum atomic E-state index is -0.449. The van der Waals surface area contributed by atoms with E-state index in [1.807, 2.05) is 31.2 Å². The van der Waals surface area contributed by atoms with Gasteiger partial charge in [0.2, 0.25) is 0 Å². The van der Waals surface area contributed by atoms with Crippen LogP contribution in [0.5, 0.6) is 0 Å². The summed E-state index contributed by atoms with van der Waals surface area (Å²) in [4.78, 5) is 14.9. The van der Waals surface area contributed by atoms with E-state index >= 15 is 0 Å². The lowest BCUT2D eigenvalue weighted by atomic mass is 10.2. The lowest BCUT2D eigenvalue weighted by Gasteiger charge is -2.02. The lowest BCUT2D eigenvalue weighted by Crippen LogP contribution is -2.02. The molecule has 0 saturated carbocycles. The van der Waals surface area contributed by atoms with Crippen LogP contribution in [0.15, 0.2) is 53.6 Å². The summed E-state index contributed by atoms with van der Waals surface area (Å²) in [6, 6.07) is 14.1. The van der Waals surface area contributed by atoms with Gasteiger partial charge in [0, 0.05) is 29.6 Å². The van der Waals surface area contributed by atoms with Crippen LogP contribution in [0.25, 0.3) is 22.1 Å². The van der Waals surface area contributed by atoms with Crippen molar-refractivity contribution in [2.45, 2.75) is 13.5 Å². The maximum atomic E-state index is 10.8. The number of nitrogens with zero attached hydrogens (tertiary/aromatic N) is 6. The Labute approximate surface area is 153 Å². The number of anilines is 1. The van der Waals surface area contributed by atoms with Gasteiger partial charge in [0.15, 0.2) is 5.65 Å². The summed E-state index contributed by atoms with van der Waals surface area (Å²) in [7, 11) is 0. The molecule has 0 atom stereocenters. The second-order valence-corrected chi connectivity index (χ2v) is 5.79. The van der Waals surface area contributed by atoms with Gasteiger partial charge in [-0.3, -0.25) is 10.1 Å². The monoisotopic (exact) mass is 361 g/mol. The molecule has 4 aromatic rings. The van der Waals surface area contributed by atoms with E-state index < -0.39 is 4.92 Å². The average Bonchev–Trinajstić information content (AvgIpc) is 3.01. The van der Waals surface area contributed by atoms with Gasteiger partial charge < -0.3 is 4.57 Å². The Balaban J connectivity index is 1.64. The van der Waals surface area contributed by atoms with E-state index in [-0.39, 0.29) is 11.6 Å². The number of nitro groups is 1. The third-order valence-corrected chi connectivity index (χ3v) is 4.15. The maximum Gasteiger partial charge on any atom is 0.270 e. The minimum Gasteiger partial charge on any atom is -0.324 e. The van der Waals surface area contributed by atoms with Crippen LogP contribution in [0.2, 0.25) is 0 Å². The van der Waals surface area contributed by atoms with Gasteiger partial charge in [-0.2, -0.15) is 10.1 Å². The normalized spacial score (nSPS) is 11.4. The molecule has 0 aliphatic carbocycles. The fraction of sp³-hybridized carbons (Fsp3) is 0.111. The fourth-order valence-corrected chi connectivity index (χ4v) is 2.95. The van der Waals surface area contributed by atoms with Gasteiger partial charge >= 0.3 is 0 Å². The zero-order valence-corrected chi connectivity index (χ0v) is 14.4. The van der Waals surface area contributed by atoms with Gasteiger partial charge in [0.05, 0.1) is 16.7 Å². The SMILES string of the molecule is CCn1c2ccccc2c2nnc(N/N=C/c3cccc([N+](=O)[O-])c3)nc21. The molecule has 9 heteroatoms.